The highest BCUT2D eigenvalue weighted by Gasteiger charge is 2.26. The number of aromatic nitrogens is 1. The van der Waals surface area contributed by atoms with Crippen LogP contribution in [0.2, 0.25) is 0 Å². The molecule has 1 aliphatic heterocycles. The molecule has 0 saturated carbocycles. The number of carbonyl (C=O) groups excluding carboxylic acids is 1. The quantitative estimate of drug-likeness (QED) is 0.770. The highest BCUT2D eigenvalue weighted by atomic mass is 16.4. The third kappa shape index (κ3) is 4.07. The highest BCUT2D eigenvalue weighted by molar-refractivity contribution is 5.94. The molecule has 3 rings (SSSR count). The van der Waals surface area contributed by atoms with Gasteiger partial charge in [0.2, 0.25) is 0 Å². The smallest absolute Gasteiger partial charge is 0.336 e. The molecular formula is C18H21N3O4. The van der Waals surface area contributed by atoms with Gasteiger partial charge in [-0.25, -0.2) is 4.79 Å². The summed E-state index contributed by atoms with van der Waals surface area (Å²) in [6.07, 6.45) is 2.65. The van der Waals surface area contributed by atoms with E-state index in [4.69, 9.17) is 0 Å². The summed E-state index contributed by atoms with van der Waals surface area (Å²) in [4.78, 5) is 30.3. The first-order chi connectivity index (χ1) is 12.0. The summed E-state index contributed by atoms with van der Waals surface area (Å²) in [6.45, 7) is 2.13. The van der Waals surface area contributed by atoms with Crippen molar-refractivity contribution in [3.8, 4) is 0 Å². The van der Waals surface area contributed by atoms with Gasteiger partial charge in [0, 0.05) is 45.1 Å². The van der Waals surface area contributed by atoms with Crippen LogP contribution in [0.25, 0.3) is 0 Å². The van der Waals surface area contributed by atoms with Crippen molar-refractivity contribution in [2.75, 3.05) is 26.2 Å². The Morgan fingerprint density at radius 2 is 1.96 bits per heavy atom. The standard InChI is InChI=1S/C18H21N3O4/c22-15-11-20(10-14-3-1-2-4-16(14)18(24)25)7-8-21(12-15)17(23)13-5-6-19-9-13/h1-6,9,15,19,22H,7-8,10-12H2,(H,24,25). The van der Waals surface area contributed by atoms with E-state index in [0.29, 0.717) is 37.3 Å². The number of rotatable bonds is 4. The molecule has 25 heavy (non-hydrogen) atoms. The number of aliphatic hydroxyl groups is 1. The molecule has 1 aromatic carbocycles. The maximum atomic E-state index is 12.5. The van der Waals surface area contributed by atoms with Crippen molar-refractivity contribution >= 4 is 11.9 Å². The zero-order valence-electron chi connectivity index (χ0n) is 13.8. The van der Waals surface area contributed by atoms with E-state index in [9.17, 15) is 19.8 Å². The number of benzene rings is 1. The molecule has 1 fully saturated rings. The van der Waals surface area contributed by atoms with E-state index in [1.165, 1.54) is 0 Å². The Morgan fingerprint density at radius 3 is 2.68 bits per heavy atom. The Kier molecular flexibility index (Phi) is 5.16. The number of carbonyl (C=O) groups is 2. The molecule has 2 aromatic rings. The predicted molar refractivity (Wildman–Crippen MR) is 91.4 cm³/mol. The number of aromatic carboxylic acids is 1. The van der Waals surface area contributed by atoms with Gasteiger partial charge >= 0.3 is 5.97 Å². The number of hydrogen-bond donors (Lipinski definition) is 3. The van der Waals surface area contributed by atoms with Crippen LogP contribution in [0.4, 0.5) is 0 Å². The van der Waals surface area contributed by atoms with E-state index in [0.717, 1.165) is 0 Å². The Bertz CT molecular complexity index is 745. The number of carboxylic acid groups (broad SMARTS) is 1. The van der Waals surface area contributed by atoms with Crippen molar-refractivity contribution in [3.63, 3.8) is 0 Å². The number of aromatic amines is 1. The van der Waals surface area contributed by atoms with E-state index in [1.807, 2.05) is 4.90 Å². The molecule has 0 aliphatic carbocycles. The van der Waals surface area contributed by atoms with Crippen LogP contribution in [0, 0.1) is 0 Å². The SMILES string of the molecule is O=C(O)c1ccccc1CN1CCN(C(=O)c2cc[nH]c2)CC(O)C1. The third-order valence-electron chi connectivity index (χ3n) is 4.36. The summed E-state index contributed by atoms with van der Waals surface area (Å²) in [6, 6.07) is 8.57. The predicted octanol–water partition coefficient (Wildman–Crippen LogP) is 1.03. The molecule has 2 heterocycles. The van der Waals surface area contributed by atoms with Gasteiger partial charge in [-0.3, -0.25) is 9.69 Å². The summed E-state index contributed by atoms with van der Waals surface area (Å²) >= 11 is 0. The molecule has 7 heteroatoms. The molecule has 0 radical (unpaired) electrons. The molecular weight excluding hydrogens is 322 g/mol. The molecule has 3 N–H and O–H groups in total. The number of nitrogens with one attached hydrogen (secondary N) is 1. The zero-order chi connectivity index (χ0) is 17.8. The minimum absolute atomic E-state index is 0.118. The van der Waals surface area contributed by atoms with Crippen molar-refractivity contribution in [3.05, 3.63) is 59.4 Å². The van der Waals surface area contributed by atoms with Crippen molar-refractivity contribution in [2.24, 2.45) is 0 Å². The first-order valence-corrected chi connectivity index (χ1v) is 8.18. The van der Waals surface area contributed by atoms with Gasteiger partial charge in [-0.15, -0.1) is 0 Å². The molecule has 1 aromatic heterocycles. The van der Waals surface area contributed by atoms with Gasteiger partial charge in [0.1, 0.15) is 0 Å². The highest BCUT2D eigenvalue weighted by Crippen LogP contribution is 2.15. The van der Waals surface area contributed by atoms with E-state index < -0.39 is 12.1 Å². The second kappa shape index (κ2) is 7.50. The second-order valence-electron chi connectivity index (χ2n) is 6.20. The van der Waals surface area contributed by atoms with Crippen LogP contribution in [-0.4, -0.2) is 69.2 Å². The van der Waals surface area contributed by atoms with E-state index in [-0.39, 0.29) is 18.0 Å². The normalized spacial score (nSPS) is 18.8. The second-order valence-corrected chi connectivity index (χ2v) is 6.20. The van der Waals surface area contributed by atoms with E-state index in [1.54, 1.807) is 47.6 Å². The number of aliphatic hydroxyl groups excluding tert-OH is 1. The van der Waals surface area contributed by atoms with Crippen LogP contribution in [0.5, 0.6) is 0 Å². The number of H-pyrrole nitrogens is 1. The lowest BCUT2D eigenvalue weighted by Gasteiger charge is -2.22. The lowest BCUT2D eigenvalue weighted by atomic mass is 10.1. The largest absolute Gasteiger partial charge is 0.478 e. The average Bonchev–Trinajstić information content (AvgIpc) is 3.06. The third-order valence-corrected chi connectivity index (χ3v) is 4.36. The topological polar surface area (TPSA) is 96.9 Å². The lowest BCUT2D eigenvalue weighted by molar-refractivity contribution is 0.0659. The number of carboxylic acids is 1. The van der Waals surface area contributed by atoms with Crippen LogP contribution in [0.15, 0.2) is 42.7 Å². The Morgan fingerprint density at radius 1 is 1.16 bits per heavy atom. The van der Waals surface area contributed by atoms with Gasteiger partial charge in [-0.1, -0.05) is 18.2 Å². The maximum Gasteiger partial charge on any atom is 0.336 e. The molecule has 0 bridgehead atoms. The van der Waals surface area contributed by atoms with Crippen molar-refractivity contribution < 1.29 is 19.8 Å². The van der Waals surface area contributed by atoms with Crippen molar-refractivity contribution in [1.82, 2.24) is 14.8 Å². The van der Waals surface area contributed by atoms with E-state index in [2.05, 4.69) is 4.98 Å². The Labute approximate surface area is 145 Å². The molecule has 1 saturated heterocycles. The summed E-state index contributed by atoms with van der Waals surface area (Å²) < 4.78 is 0. The molecule has 0 spiro atoms. The van der Waals surface area contributed by atoms with Gasteiger partial charge < -0.3 is 20.1 Å². The minimum Gasteiger partial charge on any atom is -0.478 e. The van der Waals surface area contributed by atoms with Gasteiger partial charge in [-0.05, 0) is 17.7 Å². The van der Waals surface area contributed by atoms with E-state index >= 15 is 0 Å². The first-order valence-electron chi connectivity index (χ1n) is 8.18. The summed E-state index contributed by atoms with van der Waals surface area (Å²) in [7, 11) is 0. The molecule has 1 aliphatic rings. The number of β-amino-alcohol motifs (C(OH)–C–C–N with tert-alkyl or cyclic N) is 1. The van der Waals surface area contributed by atoms with Crippen LogP contribution in [0.3, 0.4) is 0 Å². The van der Waals surface area contributed by atoms with Crippen LogP contribution in [-0.2, 0) is 6.54 Å². The number of amides is 1. The first kappa shape index (κ1) is 17.2. The monoisotopic (exact) mass is 343 g/mol. The van der Waals surface area contributed by atoms with Crippen LogP contribution < -0.4 is 0 Å². The Balaban J connectivity index is 1.70. The van der Waals surface area contributed by atoms with Crippen molar-refractivity contribution in [1.29, 1.82) is 0 Å². The summed E-state index contributed by atoms with van der Waals surface area (Å²) in [5.74, 6) is -1.08. The van der Waals surface area contributed by atoms with Crippen molar-refractivity contribution in [2.45, 2.75) is 12.6 Å². The summed E-state index contributed by atoms with van der Waals surface area (Å²) in [5, 5.41) is 19.6. The van der Waals surface area contributed by atoms with Gasteiger partial charge in [0.05, 0.1) is 17.2 Å². The average molecular weight is 343 g/mol. The fourth-order valence-corrected chi connectivity index (χ4v) is 3.13. The summed E-state index contributed by atoms with van der Waals surface area (Å²) in [5.41, 5.74) is 1.53. The fourth-order valence-electron chi connectivity index (χ4n) is 3.13. The molecule has 1 amide bonds. The number of nitrogens with zero attached hydrogens (tertiary/aromatic N) is 2. The molecule has 1 unspecified atom stereocenters. The van der Waals surface area contributed by atoms with Crippen LogP contribution >= 0.6 is 0 Å². The zero-order valence-corrected chi connectivity index (χ0v) is 13.8. The molecule has 132 valence electrons. The fraction of sp³-hybridized carbons (Fsp3) is 0.333. The van der Waals surface area contributed by atoms with Gasteiger partial charge in [0.15, 0.2) is 0 Å². The van der Waals surface area contributed by atoms with Crippen LogP contribution in [0.1, 0.15) is 26.3 Å². The van der Waals surface area contributed by atoms with Gasteiger partial charge in [0.25, 0.3) is 5.91 Å². The maximum absolute atomic E-state index is 12.5. The molecule has 7 nitrogen and oxygen atoms in total. The van der Waals surface area contributed by atoms with Gasteiger partial charge in [-0.2, -0.15) is 0 Å². The Hall–Kier alpha value is -2.64. The number of hydrogen-bond acceptors (Lipinski definition) is 4. The molecule has 1 atom stereocenters. The lowest BCUT2D eigenvalue weighted by Crippen LogP contribution is -2.37. The minimum atomic E-state index is -0.963.